The van der Waals surface area contributed by atoms with Crippen molar-refractivity contribution in [2.45, 2.75) is 12.8 Å². The van der Waals surface area contributed by atoms with Crippen LogP contribution >= 0.6 is 0 Å². The Hall–Kier alpha value is -7.94. The molecule has 0 radical (unpaired) electrons. The molecule has 1 aromatic heterocycles. The van der Waals surface area contributed by atoms with Gasteiger partial charge < -0.3 is 9.47 Å². The van der Waals surface area contributed by atoms with E-state index < -0.39 is 0 Å². The van der Waals surface area contributed by atoms with Crippen LogP contribution in [0.1, 0.15) is 22.4 Å². The van der Waals surface area contributed by atoms with Gasteiger partial charge in [-0.1, -0.05) is 176 Å². The molecule has 0 saturated carbocycles. The number of benzene rings is 9. The van der Waals surface area contributed by atoms with Crippen molar-refractivity contribution in [3.05, 3.63) is 259 Å². The van der Waals surface area contributed by atoms with Crippen LogP contribution in [0.4, 0.5) is 17.1 Å². The van der Waals surface area contributed by atoms with E-state index >= 15 is 0 Å². The molecule has 1 heterocycles. The van der Waals surface area contributed by atoms with Gasteiger partial charge in [0.1, 0.15) is 0 Å². The Balaban J connectivity index is 0.950. The quantitative estimate of drug-likeness (QED) is 0.139. The molecule has 2 heteroatoms. The van der Waals surface area contributed by atoms with Gasteiger partial charge >= 0.3 is 0 Å². The number of hydrogen-bond donors (Lipinski definition) is 0. The van der Waals surface area contributed by atoms with Gasteiger partial charge in [-0.05, 0) is 140 Å². The average Bonchev–Trinajstić information content (AvgIpc) is 3.68. The lowest BCUT2D eigenvalue weighted by Crippen LogP contribution is -2.12. The minimum Gasteiger partial charge on any atom is -0.310 e. The standard InChI is InChI=1S/C61H44N2/c1-3-14-43(15-4-1)44-25-27-45(28-26-44)46-31-33-53(34-32-46)62(55-35-36-57-50(39-55)30-29-47-16-9-10-23-56(47)57)54-22-11-13-42(38-54)37-51-19-12-24-59-61(51)58-40-48-17-7-8-18-49(48)41-60(58)63(59)52-20-5-2-6-21-52/h1-36,38-39,41,48H,37,40H2. The van der Waals surface area contributed by atoms with Crippen LogP contribution in [0, 0.1) is 5.92 Å². The highest BCUT2D eigenvalue weighted by atomic mass is 15.1. The summed E-state index contributed by atoms with van der Waals surface area (Å²) in [6.07, 6.45) is 13.3. The predicted molar refractivity (Wildman–Crippen MR) is 267 cm³/mol. The lowest BCUT2D eigenvalue weighted by atomic mass is 9.82. The zero-order valence-electron chi connectivity index (χ0n) is 34.9. The van der Waals surface area contributed by atoms with Crippen LogP contribution in [0.2, 0.25) is 0 Å². The summed E-state index contributed by atoms with van der Waals surface area (Å²) < 4.78 is 2.48. The minimum absolute atomic E-state index is 0.391. The maximum absolute atomic E-state index is 2.48. The summed E-state index contributed by atoms with van der Waals surface area (Å²) >= 11 is 0. The molecule has 0 aliphatic heterocycles. The van der Waals surface area contributed by atoms with Gasteiger partial charge in [0.25, 0.3) is 0 Å². The molecule has 0 spiro atoms. The van der Waals surface area contributed by atoms with Gasteiger partial charge in [0.05, 0.1) is 11.2 Å². The van der Waals surface area contributed by atoms with Crippen molar-refractivity contribution in [2.24, 2.45) is 5.92 Å². The summed E-state index contributed by atoms with van der Waals surface area (Å²) in [5, 5.41) is 6.40. The Morgan fingerprint density at radius 1 is 0.492 bits per heavy atom. The van der Waals surface area contributed by atoms with Crippen LogP contribution < -0.4 is 4.90 Å². The Morgan fingerprint density at radius 2 is 1.14 bits per heavy atom. The topological polar surface area (TPSA) is 8.17 Å². The molecule has 2 aliphatic rings. The van der Waals surface area contributed by atoms with Crippen molar-refractivity contribution in [2.75, 3.05) is 4.90 Å². The first-order valence-electron chi connectivity index (χ1n) is 22.1. The van der Waals surface area contributed by atoms with Crippen LogP contribution in [0.3, 0.4) is 0 Å². The predicted octanol–water partition coefficient (Wildman–Crippen LogP) is 16.0. The molecule has 0 amide bonds. The average molecular weight is 805 g/mol. The highest BCUT2D eigenvalue weighted by molar-refractivity contribution is 6.08. The smallest absolute Gasteiger partial charge is 0.0540 e. The summed E-state index contributed by atoms with van der Waals surface area (Å²) in [5.74, 6) is 0.391. The third-order valence-electron chi connectivity index (χ3n) is 13.1. The molecule has 0 fully saturated rings. The van der Waals surface area contributed by atoms with E-state index in [9.17, 15) is 0 Å². The number of fused-ring (bicyclic) bond motifs is 7. The fourth-order valence-corrected chi connectivity index (χ4v) is 10.1. The monoisotopic (exact) mass is 804 g/mol. The first kappa shape index (κ1) is 36.9. The zero-order valence-corrected chi connectivity index (χ0v) is 34.9. The molecule has 298 valence electrons. The van der Waals surface area contributed by atoms with Gasteiger partial charge in [-0.25, -0.2) is 0 Å². The van der Waals surface area contributed by atoms with Crippen LogP contribution in [-0.2, 0) is 12.8 Å². The molecule has 0 saturated heterocycles. The van der Waals surface area contributed by atoms with Crippen molar-refractivity contribution < 1.29 is 0 Å². The zero-order chi connectivity index (χ0) is 41.7. The number of para-hydroxylation sites is 1. The largest absolute Gasteiger partial charge is 0.310 e. The van der Waals surface area contributed by atoms with Gasteiger partial charge in [0.2, 0.25) is 0 Å². The minimum atomic E-state index is 0.391. The number of rotatable bonds is 8. The van der Waals surface area contributed by atoms with E-state index in [-0.39, 0.29) is 0 Å². The lowest BCUT2D eigenvalue weighted by molar-refractivity contribution is 0.758. The van der Waals surface area contributed by atoms with Crippen molar-refractivity contribution >= 4 is 55.6 Å². The van der Waals surface area contributed by atoms with Gasteiger partial charge in [-0.3, -0.25) is 0 Å². The second-order valence-electron chi connectivity index (χ2n) is 16.9. The highest BCUT2D eigenvalue weighted by Crippen LogP contribution is 2.43. The molecule has 12 rings (SSSR count). The second-order valence-corrected chi connectivity index (χ2v) is 16.9. The second kappa shape index (κ2) is 15.5. The summed E-state index contributed by atoms with van der Waals surface area (Å²) in [7, 11) is 0. The Bertz CT molecular complexity index is 3420. The van der Waals surface area contributed by atoms with Crippen molar-refractivity contribution in [3.63, 3.8) is 0 Å². The Kier molecular flexibility index (Phi) is 9.08. The van der Waals surface area contributed by atoms with Crippen molar-refractivity contribution in [3.8, 4) is 27.9 Å². The van der Waals surface area contributed by atoms with Gasteiger partial charge in [0, 0.05) is 34.1 Å². The number of anilines is 3. The van der Waals surface area contributed by atoms with E-state index in [1.54, 1.807) is 0 Å². The van der Waals surface area contributed by atoms with Crippen LogP contribution in [0.25, 0.3) is 66.5 Å². The Morgan fingerprint density at radius 3 is 1.95 bits per heavy atom. The van der Waals surface area contributed by atoms with Crippen LogP contribution in [-0.4, -0.2) is 4.57 Å². The van der Waals surface area contributed by atoms with Crippen molar-refractivity contribution in [1.82, 2.24) is 4.57 Å². The third-order valence-corrected chi connectivity index (χ3v) is 13.1. The molecule has 1 atom stereocenters. The normalized spacial score (nSPS) is 14.2. The number of hydrogen-bond acceptors (Lipinski definition) is 1. The maximum atomic E-state index is 2.48. The van der Waals surface area contributed by atoms with E-state index in [2.05, 4.69) is 246 Å². The molecular formula is C61H44N2. The lowest BCUT2D eigenvalue weighted by Gasteiger charge is -2.27. The molecule has 9 aromatic carbocycles. The van der Waals surface area contributed by atoms with E-state index in [0.717, 1.165) is 29.9 Å². The van der Waals surface area contributed by atoms with Gasteiger partial charge in [0.15, 0.2) is 0 Å². The maximum Gasteiger partial charge on any atom is 0.0540 e. The summed E-state index contributed by atoms with van der Waals surface area (Å²) in [6.45, 7) is 0. The number of nitrogens with zero attached hydrogens (tertiary/aromatic N) is 2. The van der Waals surface area contributed by atoms with Gasteiger partial charge in [-0.15, -0.1) is 0 Å². The van der Waals surface area contributed by atoms with E-state index in [1.807, 2.05) is 0 Å². The highest BCUT2D eigenvalue weighted by Gasteiger charge is 2.27. The van der Waals surface area contributed by atoms with Gasteiger partial charge in [-0.2, -0.15) is 0 Å². The number of allylic oxidation sites excluding steroid dienone is 5. The van der Waals surface area contributed by atoms with Crippen LogP contribution in [0.5, 0.6) is 0 Å². The molecule has 0 bridgehead atoms. The van der Waals surface area contributed by atoms with Crippen LogP contribution in [0.15, 0.2) is 236 Å². The van der Waals surface area contributed by atoms with E-state index in [1.165, 1.54) is 88.3 Å². The molecule has 63 heavy (non-hydrogen) atoms. The number of aromatic nitrogens is 1. The summed E-state index contributed by atoms with van der Waals surface area (Å²) in [5.41, 5.74) is 17.4. The Labute approximate surface area is 368 Å². The molecule has 2 aliphatic carbocycles. The molecular weight excluding hydrogens is 761 g/mol. The fraction of sp³-hybridized carbons (Fsp3) is 0.0492. The first-order valence-corrected chi connectivity index (χ1v) is 22.1. The molecule has 2 nitrogen and oxygen atoms in total. The third kappa shape index (κ3) is 6.68. The molecule has 1 unspecified atom stereocenters. The van der Waals surface area contributed by atoms with E-state index in [4.69, 9.17) is 0 Å². The SMILES string of the molecule is C1=CC2=Cc3c(c4c(Cc5cccc(N(c6ccc(-c7ccc(-c8ccccc8)cc7)cc6)c6ccc7c(ccc8ccccc87)c6)c5)cccc4n3-c3ccccc3)CC2C=C1. The fourth-order valence-electron chi connectivity index (χ4n) is 10.1. The van der Waals surface area contributed by atoms with Crippen molar-refractivity contribution in [1.29, 1.82) is 0 Å². The summed E-state index contributed by atoms with van der Waals surface area (Å²) in [4.78, 5) is 2.42. The van der Waals surface area contributed by atoms with E-state index in [0.29, 0.717) is 5.92 Å². The first-order chi connectivity index (χ1) is 31.2. The summed E-state index contributed by atoms with van der Waals surface area (Å²) in [6, 6.07) is 75.6. The molecule has 10 aromatic rings. The molecule has 0 N–H and O–H groups in total.